The van der Waals surface area contributed by atoms with Gasteiger partial charge in [-0.1, -0.05) is 71.2 Å². The third-order valence-corrected chi connectivity index (χ3v) is 6.86. The number of rotatable bonds is 3. The SMILES string of the molecule is CC(=O)N1N=C(c2c(C)nc3ccccc3c2-c2ccc(Cl)cc2)C[C@@H]1c1ccc(Cl)cc1Cl. The highest BCUT2D eigenvalue weighted by molar-refractivity contribution is 6.35. The number of aryl methyl sites for hydroxylation is 1. The highest BCUT2D eigenvalue weighted by Gasteiger charge is 2.34. The van der Waals surface area contributed by atoms with Gasteiger partial charge in [0, 0.05) is 50.6 Å². The second kappa shape index (κ2) is 9.03. The van der Waals surface area contributed by atoms with E-state index < -0.39 is 0 Å². The fraction of sp³-hybridized carbons (Fsp3) is 0.148. The van der Waals surface area contributed by atoms with E-state index in [-0.39, 0.29) is 11.9 Å². The van der Waals surface area contributed by atoms with Gasteiger partial charge in [-0.3, -0.25) is 9.78 Å². The molecule has 2 heterocycles. The Bertz CT molecular complexity index is 1460. The molecule has 34 heavy (non-hydrogen) atoms. The van der Waals surface area contributed by atoms with Crippen LogP contribution in [-0.2, 0) is 4.79 Å². The molecule has 0 saturated heterocycles. The molecule has 0 N–H and O–H groups in total. The predicted octanol–water partition coefficient (Wildman–Crippen LogP) is 7.87. The largest absolute Gasteiger partial charge is 0.273 e. The molecule has 0 saturated carbocycles. The molecule has 5 rings (SSSR count). The lowest BCUT2D eigenvalue weighted by molar-refractivity contribution is -0.130. The zero-order valence-electron chi connectivity index (χ0n) is 18.5. The lowest BCUT2D eigenvalue weighted by Gasteiger charge is -2.21. The summed E-state index contributed by atoms with van der Waals surface area (Å²) in [7, 11) is 0. The number of hydrazone groups is 1. The smallest absolute Gasteiger partial charge is 0.240 e. The van der Waals surface area contributed by atoms with Crippen LogP contribution in [0.2, 0.25) is 15.1 Å². The van der Waals surface area contributed by atoms with E-state index in [0.29, 0.717) is 21.5 Å². The predicted molar refractivity (Wildman–Crippen MR) is 140 cm³/mol. The van der Waals surface area contributed by atoms with Crippen molar-refractivity contribution in [2.45, 2.75) is 26.3 Å². The first kappa shape index (κ1) is 22.9. The highest BCUT2D eigenvalue weighted by atomic mass is 35.5. The number of para-hydroxylation sites is 1. The molecule has 1 aromatic heterocycles. The van der Waals surface area contributed by atoms with Crippen LogP contribution in [0.15, 0.2) is 71.8 Å². The molecule has 1 aliphatic rings. The molecule has 3 aromatic carbocycles. The summed E-state index contributed by atoms with van der Waals surface area (Å²) in [5.74, 6) is -0.162. The van der Waals surface area contributed by atoms with Crippen molar-refractivity contribution in [2.75, 3.05) is 0 Å². The molecule has 0 spiro atoms. The van der Waals surface area contributed by atoms with E-state index in [1.54, 1.807) is 12.1 Å². The standard InChI is InChI=1S/C27H20Cl3N3O/c1-15-26(24-14-25(33(32-24)16(2)34)20-12-11-19(29)13-22(20)30)27(17-7-9-18(28)10-8-17)21-5-3-4-6-23(21)31-15/h3-13,25H,14H2,1-2H3/t25-/m1/s1. The van der Waals surface area contributed by atoms with Crippen LogP contribution in [0.5, 0.6) is 0 Å². The van der Waals surface area contributed by atoms with Crippen molar-refractivity contribution < 1.29 is 4.79 Å². The van der Waals surface area contributed by atoms with E-state index in [9.17, 15) is 4.79 Å². The number of halogens is 3. The molecule has 4 aromatic rings. The first-order valence-electron chi connectivity index (χ1n) is 10.8. The van der Waals surface area contributed by atoms with Crippen LogP contribution >= 0.6 is 34.8 Å². The van der Waals surface area contributed by atoms with Gasteiger partial charge in [0.25, 0.3) is 0 Å². The van der Waals surface area contributed by atoms with Crippen LogP contribution in [0.3, 0.4) is 0 Å². The third-order valence-electron chi connectivity index (χ3n) is 6.05. The van der Waals surface area contributed by atoms with Crippen molar-refractivity contribution in [3.8, 4) is 11.1 Å². The van der Waals surface area contributed by atoms with E-state index in [4.69, 9.17) is 44.9 Å². The van der Waals surface area contributed by atoms with Gasteiger partial charge in [0.15, 0.2) is 0 Å². The second-order valence-electron chi connectivity index (χ2n) is 8.27. The number of amides is 1. The topological polar surface area (TPSA) is 45.6 Å². The maximum absolute atomic E-state index is 12.6. The quantitative estimate of drug-likeness (QED) is 0.283. The molecule has 0 bridgehead atoms. The summed E-state index contributed by atoms with van der Waals surface area (Å²) in [6, 6.07) is 20.8. The maximum Gasteiger partial charge on any atom is 0.240 e. The van der Waals surface area contributed by atoms with Crippen molar-refractivity contribution in [3.05, 3.63) is 98.6 Å². The van der Waals surface area contributed by atoms with E-state index in [1.807, 2.05) is 55.5 Å². The van der Waals surface area contributed by atoms with Gasteiger partial charge in [-0.25, -0.2) is 5.01 Å². The van der Waals surface area contributed by atoms with Gasteiger partial charge in [-0.2, -0.15) is 5.10 Å². The van der Waals surface area contributed by atoms with Crippen molar-refractivity contribution in [2.24, 2.45) is 5.10 Å². The van der Waals surface area contributed by atoms with Crippen LogP contribution in [0.1, 0.15) is 36.2 Å². The number of fused-ring (bicyclic) bond motifs is 1. The fourth-order valence-corrected chi connectivity index (χ4v) is 5.23. The summed E-state index contributed by atoms with van der Waals surface area (Å²) in [6.07, 6.45) is 0.502. The van der Waals surface area contributed by atoms with Gasteiger partial charge in [0.05, 0.1) is 17.3 Å². The number of aromatic nitrogens is 1. The van der Waals surface area contributed by atoms with Gasteiger partial charge in [0.1, 0.15) is 0 Å². The van der Waals surface area contributed by atoms with Crippen LogP contribution in [0.25, 0.3) is 22.0 Å². The second-order valence-corrected chi connectivity index (χ2v) is 9.55. The minimum atomic E-state index is -0.332. The fourth-order valence-electron chi connectivity index (χ4n) is 4.57. The van der Waals surface area contributed by atoms with Crippen LogP contribution in [0.4, 0.5) is 0 Å². The average molecular weight is 509 g/mol. The molecule has 0 unspecified atom stereocenters. The summed E-state index contributed by atoms with van der Waals surface area (Å²) < 4.78 is 0. The van der Waals surface area contributed by atoms with Crippen molar-refractivity contribution in [3.63, 3.8) is 0 Å². The Morgan fingerprint density at radius 3 is 2.35 bits per heavy atom. The number of hydrogen-bond donors (Lipinski definition) is 0. The maximum atomic E-state index is 12.6. The van der Waals surface area contributed by atoms with Crippen molar-refractivity contribution in [1.82, 2.24) is 9.99 Å². The Hall–Kier alpha value is -2.92. The molecule has 0 fully saturated rings. The third kappa shape index (κ3) is 4.07. The molecule has 0 aliphatic carbocycles. The summed E-state index contributed by atoms with van der Waals surface area (Å²) in [5, 5.41) is 9.02. The average Bonchev–Trinajstić information content (AvgIpc) is 3.24. The summed E-state index contributed by atoms with van der Waals surface area (Å²) >= 11 is 18.8. The normalized spacial score (nSPS) is 15.6. The van der Waals surface area contributed by atoms with E-state index in [2.05, 4.69) is 6.07 Å². The molecular weight excluding hydrogens is 489 g/mol. The van der Waals surface area contributed by atoms with Gasteiger partial charge >= 0.3 is 0 Å². The number of pyridine rings is 1. The minimum absolute atomic E-state index is 0.162. The van der Waals surface area contributed by atoms with Crippen LogP contribution in [0, 0.1) is 6.92 Å². The molecule has 4 nitrogen and oxygen atoms in total. The Kier molecular flexibility index (Phi) is 6.07. The van der Waals surface area contributed by atoms with Crippen molar-refractivity contribution >= 4 is 57.3 Å². The molecule has 7 heteroatoms. The Labute approximate surface area is 212 Å². The number of carbonyl (C=O) groups excluding carboxylic acids is 1. The first-order chi connectivity index (χ1) is 16.3. The van der Waals surface area contributed by atoms with Crippen LogP contribution < -0.4 is 0 Å². The highest BCUT2D eigenvalue weighted by Crippen LogP contribution is 2.41. The van der Waals surface area contributed by atoms with Gasteiger partial charge in [-0.15, -0.1) is 0 Å². The summed E-state index contributed by atoms with van der Waals surface area (Å²) in [5.41, 5.74) is 6.27. The Morgan fingerprint density at radius 2 is 1.65 bits per heavy atom. The van der Waals surface area contributed by atoms with Crippen LogP contribution in [-0.4, -0.2) is 21.6 Å². The van der Waals surface area contributed by atoms with E-state index >= 15 is 0 Å². The molecule has 0 radical (unpaired) electrons. The summed E-state index contributed by atoms with van der Waals surface area (Å²) in [4.78, 5) is 17.5. The zero-order chi connectivity index (χ0) is 24.0. The van der Waals surface area contributed by atoms with Gasteiger partial charge in [-0.05, 0) is 48.4 Å². The molecule has 1 aliphatic heterocycles. The number of nitrogens with zero attached hydrogens (tertiary/aromatic N) is 3. The van der Waals surface area contributed by atoms with Crippen molar-refractivity contribution in [1.29, 1.82) is 0 Å². The monoisotopic (exact) mass is 507 g/mol. The van der Waals surface area contributed by atoms with E-state index in [1.165, 1.54) is 11.9 Å². The number of hydrogen-bond acceptors (Lipinski definition) is 3. The Morgan fingerprint density at radius 1 is 0.941 bits per heavy atom. The Balaban J connectivity index is 1.72. The molecular formula is C27H20Cl3N3O. The zero-order valence-corrected chi connectivity index (χ0v) is 20.8. The number of carbonyl (C=O) groups is 1. The lowest BCUT2D eigenvalue weighted by Crippen LogP contribution is -2.24. The minimum Gasteiger partial charge on any atom is -0.273 e. The number of benzene rings is 3. The summed E-state index contributed by atoms with van der Waals surface area (Å²) in [6.45, 7) is 3.49. The first-order valence-corrected chi connectivity index (χ1v) is 11.9. The molecule has 170 valence electrons. The molecule has 1 amide bonds. The van der Waals surface area contributed by atoms with Gasteiger partial charge in [0.2, 0.25) is 5.91 Å². The van der Waals surface area contributed by atoms with E-state index in [0.717, 1.165) is 44.6 Å². The lowest BCUT2D eigenvalue weighted by atomic mass is 9.89. The molecule has 1 atom stereocenters. The van der Waals surface area contributed by atoms with Gasteiger partial charge < -0.3 is 0 Å².